The van der Waals surface area contributed by atoms with Crippen LogP contribution in [-0.4, -0.2) is 9.55 Å². The highest BCUT2D eigenvalue weighted by Crippen LogP contribution is 2.35. The molecule has 2 heterocycles. The molecule has 2 aromatic heterocycles. The summed E-state index contributed by atoms with van der Waals surface area (Å²) in [5, 5.41) is 1.37. The Bertz CT molecular complexity index is 1250. The molecule has 1 aliphatic carbocycles. The first-order valence-corrected chi connectivity index (χ1v) is 11.5. The fraction of sp³-hybridized carbons (Fsp3) is 0.217. The second-order valence-electron chi connectivity index (χ2n) is 7.14. The van der Waals surface area contributed by atoms with Crippen molar-refractivity contribution in [2.75, 3.05) is 0 Å². The van der Waals surface area contributed by atoms with Crippen LogP contribution in [0, 0.1) is 5.82 Å². The molecule has 5 rings (SSSR count). The van der Waals surface area contributed by atoms with Crippen LogP contribution in [0.5, 0.6) is 0 Å². The van der Waals surface area contributed by atoms with Gasteiger partial charge in [0.2, 0.25) is 0 Å². The molecule has 0 saturated heterocycles. The average Bonchev–Trinajstić information content (AvgIpc) is 3.12. The Morgan fingerprint density at radius 1 is 1.03 bits per heavy atom. The number of para-hydroxylation sites is 1. The summed E-state index contributed by atoms with van der Waals surface area (Å²) >= 11 is 3.05. The SMILES string of the molecule is O=c1c2c3c(sc2nc(SCc2ccccc2F)n1-c1ccccc1)CCCC3. The van der Waals surface area contributed by atoms with Crippen LogP contribution in [0.3, 0.4) is 0 Å². The fourth-order valence-corrected chi connectivity index (χ4v) is 6.15. The van der Waals surface area contributed by atoms with Gasteiger partial charge in [-0.1, -0.05) is 48.2 Å². The largest absolute Gasteiger partial charge is 0.268 e. The number of rotatable bonds is 4. The van der Waals surface area contributed by atoms with Gasteiger partial charge in [-0.25, -0.2) is 9.37 Å². The van der Waals surface area contributed by atoms with E-state index >= 15 is 0 Å². The molecule has 3 nitrogen and oxygen atoms in total. The Morgan fingerprint density at radius 3 is 2.62 bits per heavy atom. The molecule has 0 radical (unpaired) electrons. The molecular formula is C23H19FN2OS2. The van der Waals surface area contributed by atoms with Gasteiger partial charge in [-0.2, -0.15) is 0 Å². The molecule has 0 bridgehead atoms. The highest BCUT2D eigenvalue weighted by Gasteiger charge is 2.23. The number of halogens is 1. The normalized spacial score (nSPS) is 13.6. The molecule has 0 saturated carbocycles. The van der Waals surface area contributed by atoms with Crippen molar-refractivity contribution in [1.82, 2.24) is 9.55 Å². The minimum absolute atomic E-state index is 0.0170. The van der Waals surface area contributed by atoms with Gasteiger partial charge >= 0.3 is 0 Å². The lowest BCUT2D eigenvalue weighted by atomic mass is 9.97. The van der Waals surface area contributed by atoms with Gasteiger partial charge in [0, 0.05) is 10.6 Å². The highest BCUT2D eigenvalue weighted by molar-refractivity contribution is 7.98. The number of hydrogen-bond donors (Lipinski definition) is 0. The topological polar surface area (TPSA) is 34.9 Å². The summed E-state index contributed by atoms with van der Waals surface area (Å²) < 4.78 is 15.8. The highest BCUT2D eigenvalue weighted by atomic mass is 32.2. The molecule has 4 aromatic rings. The maximum Gasteiger partial charge on any atom is 0.267 e. The van der Waals surface area contributed by atoms with Gasteiger partial charge in [0.1, 0.15) is 10.6 Å². The molecule has 0 unspecified atom stereocenters. The van der Waals surface area contributed by atoms with Crippen LogP contribution in [0.2, 0.25) is 0 Å². The van der Waals surface area contributed by atoms with E-state index in [0.29, 0.717) is 16.5 Å². The number of benzene rings is 2. The minimum Gasteiger partial charge on any atom is -0.268 e. The molecule has 0 spiro atoms. The van der Waals surface area contributed by atoms with Crippen LogP contribution >= 0.6 is 23.1 Å². The van der Waals surface area contributed by atoms with Gasteiger partial charge in [0.05, 0.1) is 11.1 Å². The molecule has 2 aromatic carbocycles. The predicted molar refractivity (Wildman–Crippen MR) is 118 cm³/mol. The van der Waals surface area contributed by atoms with Crippen LogP contribution < -0.4 is 5.56 Å². The van der Waals surface area contributed by atoms with Crippen molar-refractivity contribution in [3.05, 3.63) is 86.8 Å². The third kappa shape index (κ3) is 3.40. The number of thioether (sulfide) groups is 1. The van der Waals surface area contributed by atoms with Crippen molar-refractivity contribution >= 4 is 33.3 Å². The van der Waals surface area contributed by atoms with E-state index in [4.69, 9.17) is 4.98 Å². The summed E-state index contributed by atoms with van der Waals surface area (Å²) in [5.74, 6) is 0.184. The monoisotopic (exact) mass is 422 g/mol. The van der Waals surface area contributed by atoms with E-state index in [0.717, 1.165) is 35.2 Å². The summed E-state index contributed by atoms with van der Waals surface area (Å²) in [6.07, 6.45) is 4.26. The Morgan fingerprint density at radius 2 is 1.79 bits per heavy atom. The van der Waals surface area contributed by atoms with E-state index in [-0.39, 0.29) is 11.4 Å². The predicted octanol–water partition coefficient (Wildman–Crippen LogP) is 5.76. The Hall–Kier alpha value is -2.44. The summed E-state index contributed by atoms with van der Waals surface area (Å²) in [4.78, 5) is 20.6. The zero-order chi connectivity index (χ0) is 19.8. The lowest BCUT2D eigenvalue weighted by Crippen LogP contribution is -2.22. The standard InChI is InChI=1S/C23H19FN2OS2/c24-18-12-6-4-8-15(18)14-28-23-25-21-20(17-11-5-7-13-19(17)29-21)22(27)26(23)16-9-2-1-3-10-16/h1-4,6,8-10,12H,5,7,11,13-14H2. The van der Waals surface area contributed by atoms with Crippen LogP contribution in [0.1, 0.15) is 28.8 Å². The van der Waals surface area contributed by atoms with E-state index in [1.165, 1.54) is 34.7 Å². The first-order chi connectivity index (χ1) is 14.2. The summed E-state index contributed by atoms with van der Waals surface area (Å²) in [6.45, 7) is 0. The van der Waals surface area contributed by atoms with Crippen molar-refractivity contribution in [3.63, 3.8) is 0 Å². The Labute approximate surface area is 176 Å². The zero-order valence-electron chi connectivity index (χ0n) is 15.7. The molecule has 29 heavy (non-hydrogen) atoms. The fourth-order valence-electron chi connectivity index (χ4n) is 3.85. The lowest BCUT2D eigenvalue weighted by Gasteiger charge is -2.13. The summed E-state index contributed by atoms with van der Waals surface area (Å²) in [5.41, 5.74) is 2.57. The molecule has 1 aliphatic rings. The van der Waals surface area contributed by atoms with E-state index in [1.807, 2.05) is 36.4 Å². The molecule has 0 N–H and O–H groups in total. The lowest BCUT2D eigenvalue weighted by molar-refractivity contribution is 0.617. The smallest absolute Gasteiger partial charge is 0.267 e. The van der Waals surface area contributed by atoms with E-state index < -0.39 is 0 Å². The van der Waals surface area contributed by atoms with Crippen LogP contribution in [0.25, 0.3) is 15.9 Å². The van der Waals surface area contributed by atoms with Crippen molar-refractivity contribution < 1.29 is 4.39 Å². The van der Waals surface area contributed by atoms with Crippen molar-refractivity contribution in [3.8, 4) is 5.69 Å². The van der Waals surface area contributed by atoms with Crippen LogP contribution in [0.15, 0.2) is 64.5 Å². The average molecular weight is 423 g/mol. The van der Waals surface area contributed by atoms with Gasteiger partial charge in [-0.05, 0) is 55.0 Å². The number of hydrogen-bond acceptors (Lipinski definition) is 4. The third-order valence-corrected chi connectivity index (χ3v) is 7.46. The van der Waals surface area contributed by atoms with Gasteiger partial charge < -0.3 is 0 Å². The van der Waals surface area contributed by atoms with Gasteiger partial charge in [-0.3, -0.25) is 9.36 Å². The number of nitrogens with zero attached hydrogens (tertiary/aromatic N) is 2. The van der Waals surface area contributed by atoms with E-state index in [9.17, 15) is 9.18 Å². The molecule has 146 valence electrons. The minimum atomic E-state index is -0.235. The second kappa shape index (κ2) is 7.76. The number of aryl methyl sites for hydroxylation is 2. The van der Waals surface area contributed by atoms with Gasteiger partial charge in [-0.15, -0.1) is 11.3 Å². The zero-order valence-corrected chi connectivity index (χ0v) is 17.4. The van der Waals surface area contributed by atoms with Crippen molar-refractivity contribution in [1.29, 1.82) is 0 Å². The van der Waals surface area contributed by atoms with Crippen LogP contribution in [-0.2, 0) is 18.6 Å². The maximum absolute atomic E-state index is 14.1. The number of fused-ring (bicyclic) bond motifs is 3. The number of thiophene rings is 1. The van der Waals surface area contributed by atoms with Crippen LogP contribution in [0.4, 0.5) is 4.39 Å². The first kappa shape index (κ1) is 18.6. The first-order valence-electron chi connectivity index (χ1n) is 9.71. The molecule has 0 atom stereocenters. The number of aromatic nitrogens is 2. The molecule has 0 fully saturated rings. The molecule has 0 amide bonds. The molecule has 6 heteroatoms. The quantitative estimate of drug-likeness (QED) is 0.310. The third-order valence-electron chi connectivity index (χ3n) is 5.29. The maximum atomic E-state index is 14.1. The van der Waals surface area contributed by atoms with E-state index in [2.05, 4.69) is 0 Å². The molecule has 0 aliphatic heterocycles. The van der Waals surface area contributed by atoms with E-state index in [1.54, 1.807) is 28.0 Å². The Kier molecular flexibility index (Phi) is 4.97. The van der Waals surface area contributed by atoms with Gasteiger partial charge in [0.25, 0.3) is 5.56 Å². The summed E-state index contributed by atoms with van der Waals surface area (Å²) in [7, 11) is 0. The molecular weight excluding hydrogens is 403 g/mol. The Balaban J connectivity index is 1.67. The second-order valence-corrected chi connectivity index (χ2v) is 9.17. The van der Waals surface area contributed by atoms with Crippen molar-refractivity contribution in [2.45, 2.75) is 36.6 Å². The van der Waals surface area contributed by atoms with Gasteiger partial charge in [0.15, 0.2) is 5.16 Å². The van der Waals surface area contributed by atoms with Crippen molar-refractivity contribution in [2.24, 2.45) is 0 Å². The summed E-state index contributed by atoms with van der Waals surface area (Å²) in [6, 6.07) is 16.3.